The molecule has 0 aliphatic heterocycles. The molecule has 0 spiro atoms. The summed E-state index contributed by atoms with van der Waals surface area (Å²) in [6, 6.07) is 29.6. The first-order valence-electron chi connectivity index (χ1n) is 8.89. The number of carboxylic acid groups (broad SMARTS) is 1. The van der Waals surface area contributed by atoms with Gasteiger partial charge in [0.1, 0.15) is 12.0 Å². The fourth-order valence-electron chi connectivity index (χ4n) is 3.62. The van der Waals surface area contributed by atoms with Crippen LogP contribution in [0, 0.1) is 0 Å². The lowest BCUT2D eigenvalue weighted by atomic mass is 9.77. The zero-order valence-electron chi connectivity index (χ0n) is 15.0. The molecule has 0 saturated heterocycles. The average molecular weight is 370 g/mol. The lowest BCUT2D eigenvalue weighted by Gasteiger charge is -2.36. The fourth-order valence-corrected chi connectivity index (χ4v) is 3.62. The topological polar surface area (TPSA) is 80.9 Å². The number of aliphatic carboxylic acids is 1. The molecule has 4 aromatic rings. The van der Waals surface area contributed by atoms with Gasteiger partial charge in [-0.15, -0.1) is 5.10 Å². The predicted molar refractivity (Wildman–Crippen MR) is 104 cm³/mol. The SMILES string of the molecule is O=C(O)Cc1nnnn1C(c1ccccc1)(c1ccccc1)c1ccccc1. The number of nitrogens with zero attached hydrogens (tertiary/aromatic N) is 4. The molecule has 6 heteroatoms. The maximum Gasteiger partial charge on any atom is 0.311 e. The van der Waals surface area contributed by atoms with E-state index in [4.69, 9.17) is 0 Å². The van der Waals surface area contributed by atoms with Crippen LogP contribution in [0.5, 0.6) is 0 Å². The van der Waals surface area contributed by atoms with Crippen LogP contribution in [0.25, 0.3) is 0 Å². The quantitative estimate of drug-likeness (QED) is 0.528. The van der Waals surface area contributed by atoms with Gasteiger partial charge in [-0.2, -0.15) is 0 Å². The molecule has 0 atom stereocenters. The van der Waals surface area contributed by atoms with Gasteiger partial charge >= 0.3 is 5.97 Å². The van der Waals surface area contributed by atoms with Gasteiger partial charge in [-0.3, -0.25) is 4.79 Å². The van der Waals surface area contributed by atoms with E-state index in [1.165, 1.54) is 0 Å². The summed E-state index contributed by atoms with van der Waals surface area (Å²) in [5.41, 5.74) is 1.90. The van der Waals surface area contributed by atoms with Gasteiger partial charge in [0.15, 0.2) is 5.82 Å². The Kier molecular flexibility index (Phi) is 4.68. The van der Waals surface area contributed by atoms with Crippen molar-refractivity contribution in [2.24, 2.45) is 0 Å². The highest BCUT2D eigenvalue weighted by Gasteiger charge is 2.41. The number of carboxylic acids is 1. The van der Waals surface area contributed by atoms with Crippen molar-refractivity contribution in [3.8, 4) is 0 Å². The molecule has 4 rings (SSSR count). The van der Waals surface area contributed by atoms with E-state index in [0.29, 0.717) is 0 Å². The second-order valence-corrected chi connectivity index (χ2v) is 6.39. The first kappa shape index (κ1) is 17.6. The Morgan fingerprint density at radius 2 is 1.21 bits per heavy atom. The second-order valence-electron chi connectivity index (χ2n) is 6.39. The van der Waals surface area contributed by atoms with E-state index in [-0.39, 0.29) is 12.2 Å². The van der Waals surface area contributed by atoms with Crippen LogP contribution >= 0.6 is 0 Å². The van der Waals surface area contributed by atoms with Gasteiger partial charge < -0.3 is 5.11 Å². The van der Waals surface area contributed by atoms with Gasteiger partial charge in [0.2, 0.25) is 0 Å². The molecule has 0 fully saturated rings. The lowest BCUT2D eigenvalue weighted by molar-refractivity contribution is -0.136. The summed E-state index contributed by atoms with van der Waals surface area (Å²) in [6.45, 7) is 0. The van der Waals surface area contributed by atoms with E-state index in [2.05, 4.69) is 15.5 Å². The third kappa shape index (κ3) is 2.95. The molecule has 3 aromatic carbocycles. The summed E-state index contributed by atoms with van der Waals surface area (Å²) in [5.74, 6) is -0.705. The first-order valence-corrected chi connectivity index (χ1v) is 8.89. The number of benzene rings is 3. The molecule has 0 amide bonds. The monoisotopic (exact) mass is 370 g/mol. The Labute approximate surface area is 162 Å². The van der Waals surface area contributed by atoms with Gasteiger partial charge in [0.05, 0.1) is 0 Å². The molecule has 28 heavy (non-hydrogen) atoms. The number of carbonyl (C=O) groups is 1. The highest BCUT2D eigenvalue weighted by atomic mass is 16.4. The van der Waals surface area contributed by atoms with Crippen molar-refractivity contribution in [3.63, 3.8) is 0 Å². The van der Waals surface area contributed by atoms with Gasteiger partial charge in [-0.25, -0.2) is 4.68 Å². The van der Waals surface area contributed by atoms with Crippen LogP contribution in [-0.4, -0.2) is 31.3 Å². The largest absolute Gasteiger partial charge is 0.481 e. The van der Waals surface area contributed by atoms with E-state index in [1.54, 1.807) is 4.68 Å². The molecule has 1 N–H and O–H groups in total. The number of tetrazole rings is 1. The third-order valence-corrected chi connectivity index (χ3v) is 4.74. The molecule has 6 nitrogen and oxygen atoms in total. The number of hydrogen-bond donors (Lipinski definition) is 1. The van der Waals surface area contributed by atoms with Crippen molar-refractivity contribution in [3.05, 3.63) is 114 Å². The van der Waals surface area contributed by atoms with Gasteiger partial charge in [0, 0.05) is 0 Å². The Morgan fingerprint density at radius 1 is 0.786 bits per heavy atom. The molecular weight excluding hydrogens is 352 g/mol. The van der Waals surface area contributed by atoms with Crippen LogP contribution in [0.3, 0.4) is 0 Å². The van der Waals surface area contributed by atoms with E-state index in [0.717, 1.165) is 16.7 Å². The average Bonchev–Trinajstić information content (AvgIpc) is 3.19. The lowest BCUT2D eigenvalue weighted by Crippen LogP contribution is -2.40. The zero-order valence-corrected chi connectivity index (χ0v) is 15.0. The van der Waals surface area contributed by atoms with Crippen molar-refractivity contribution < 1.29 is 9.90 Å². The molecule has 138 valence electrons. The van der Waals surface area contributed by atoms with Crippen molar-refractivity contribution in [2.75, 3.05) is 0 Å². The second kappa shape index (κ2) is 7.44. The molecule has 0 bridgehead atoms. The van der Waals surface area contributed by atoms with Crippen LogP contribution in [-0.2, 0) is 16.8 Å². The summed E-state index contributed by atoms with van der Waals surface area (Å²) in [5, 5.41) is 21.5. The number of aromatic nitrogens is 4. The summed E-state index contributed by atoms with van der Waals surface area (Å²) < 4.78 is 1.63. The summed E-state index contributed by atoms with van der Waals surface area (Å²) in [6.07, 6.45) is -0.277. The molecule has 0 saturated carbocycles. The Bertz CT molecular complexity index is 967. The van der Waals surface area contributed by atoms with Gasteiger partial charge in [0.25, 0.3) is 0 Å². The van der Waals surface area contributed by atoms with E-state index in [9.17, 15) is 9.90 Å². The summed E-state index contributed by atoms with van der Waals surface area (Å²) >= 11 is 0. The standard InChI is InChI=1S/C22H18N4O2/c27-21(28)16-20-23-24-25-26(20)22(17-10-4-1-5-11-17,18-12-6-2-7-13-18)19-14-8-3-9-15-19/h1-15H,16H2,(H,27,28). The van der Waals surface area contributed by atoms with Crippen LogP contribution < -0.4 is 0 Å². The van der Waals surface area contributed by atoms with Crippen LogP contribution in [0.15, 0.2) is 91.0 Å². The van der Waals surface area contributed by atoms with Crippen LogP contribution in [0.4, 0.5) is 0 Å². The van der Waals surface area contributed by atoms with Gasteiger partial charge in [-0.05, 0) is 27.1 Å². The molecular formula is C22H18N4O2. The minimum Gasteiger partial charge on any atom is -0.481 e. The van der Waals surface area contributed by atoms with Crippen molar-refractivity contribution in [1.82, 2.24) is 20.2 Å². The van der Waals surface area contributed by atoms with Crippen LogP contribution in [0.1, 0.15) is 22.5 Å². The highest BCUT2D eigenvalue weighted by Crippen LogP contribution is 2.40. The zero-order chi connectivity index (χ0) is 19.4. The van der Waals surface area contributed by atoms with E-state index < -0.39 is 11.5 Å². The normalized spacial score (nSPS) is 11.3. The molecule has 0 aliphatic rings. The third-order valence-electron chi connectivity index (χ3n) is 4.74. The van der Waals surface area contributed by atoms with Crippen LogP contribution in [0.2, 0.25) is 0 Å². The summed E-state index contributed by atoms with van der Waals surface area (Å²) in [4.78, 5) is 11.4. The van der Waals surface area contributed by atoms with Crippen molar-refractivity contribution >= 4 is 5.97 Å². The van der Waals surface area contributed by atoms with Crippen molar-refractivity contribution in [2.45, 2.75) is 12.0 Å². The molecule has 0 aliphatic carbocycles. The Balaban J connectivity index is 2.11. The molecule has 1 heterocycles. The Morgan fingerprint density at radius 3 is 1.61 bits per heavy atom. The number of hydrogen-bond acceptors (Lipinski definition) is 4. The molecule has 0 radical (unpaired) electrons. The van der Waals surface area contributed by atoms with Gasteiger partial charge in [-0.1, -0.05) is 91.0 Å². The predicted octanol–water partition coefficient (Wildman–Crippen LogP) is 3.14. The van der Waals surface area contributed by atoms with E-state index in [1.807, 2.05) is 91.0 Å². The summed E-state index contributed by atoms with van der Waals surface area (Å²) in [7, 11) is 0. The fraction of sp³-hybridized carbons (Fsp3) is 0.0909. The minimum atomic E-state index is -0.987. The smallest absolute Gasteiger partial charge is 0.311 e. The minimum absolute atomic E-state index is 0.277. The maximum absolute atomic E-state index is 11.4. The first-order chi connectivity index (χ1) is 13.7. The Hall–Kier alpha value is -3.80. The maximum atomic E-state index is 11.4. The van der Waals surface area contributed by atoms with Crippen molar-refractivity contribution in [1.29, 1.82) is 0 Å². The molecule has 1 aromatic heterocycles. The highest BCUT2D eigenvalue weighted by molar-refractivity contribution is 5.69. The number of rotatable bonds is 6. The van der Waals surface area contributed by atoms with E-state index >= 15 is 0 Å². The molecule has 0 unspecified atom stereocenters.